The van der Waals surface area contributed by atoms with Gasteiger partial charge in [0.1, 0.15) is 6.54 Å². The highest BCUT2D eigenvalue weighted by Crippen LogP contribution is 2.34. The lowest BCUT2D eigenvalue weighted by molar-refractivity contribution is -0.144. The van der Waals surface area contributed by atoms with E-state index in [1.165, 1.54) is 17.7 Å². The van der Waals surface area contributed by atoms with Crippen LogP contribution < -0.4 is 16.0 Å². The highest BCUT2D eigenvalue weighted by atomic mass is 16.4. The summed E-state index contributed by atoms with van der Waals surface area (Å²) in [7, 11) is 1.71. The summed E-state index contributed by atoms with van der Waals surface area (Å²) in [6.07, 6.45) is 10.1. The monoisotopic (exact) mass is 575 g/mol. The van der Waals surface area contributed by atoms with Gasteiger partial charge in [0.25, 0.3) is 0 Å². The van der Waals surface area contributed by atoms with Crippen LogP contribution in [0, 0.1) is 17.8 Å². The molecule has 0 aromatic carbocycles. The first-order chi connectivity index (χ1) is 19.5. The Morgan fingerprint density at radius 1 is 0.927 bits per heavy atom. The van der Waals surface area contributed by atoms with Gasteiger partial charge in [0, 0.05) is 43.7 Å². The van der Waals surface area contributed by atoms with Crippen LogP contribution in [-0.2, 0) is 19.2 Å². The maximum atomic E-state index is 13.5. The van der Waals surface area contributed by atoms with Crippen LogP contribution in [0.3, 0.4) is 0 Å². The lowest BCUT2D eigenvalue weighted by atomic mass is 9.79. The molecule has 4 rings (SSSR count). The van der Waals surface area contributed by atoms with E-state index in [2.05, 4.69) is 22.9 Å². The number of carbonyl (C=O) groups excluding carboxylic acids is 4. The first-order valence-electron chi connectivity index (χ1n) is 15.7. The minimum atomic E-state index is -1.01. The number of urea groups is 1. The summed E-state index contributed by atoms with van der Waals surface area (Å²) in [5, 5.41) is 18.7. The zero-order valence-electron chi connectivity index (χ0n) is 24.9. The highest BCUT2D eigenvalue weighted by molar-refractivity contribution is 5.90. The van der Waals surface area contributed by atoms with Crippen LogP contribution in [-0.4, -0.2) is 88.4 Å². The fourth-order valence-electron chi connectivity index (χ4n) is 7.47. The van der Waals surface area contributed by atoms with Gasteiger partial charge < -0.3 is 30.9 Å². The number of hydrogen-bond acceptors (Lipinski definition) is 5. The molecule has 6 unspecified atom stereocenters. The number of carboxylic acids is 1. The summed E-state index contributed by atoms with van der Waals surface area (Å²) in [5.74, 6) is -1.10. The number of hydrogen-bond donors (Lipinski definition) is 4. The Bertz CT molecular complexity index is 982. The predicted octanol–water partition coefficient (Wildman–Crippen LogP) is 2.63. The number of carbonyl (C=O) groups is 5. The third kappa shape index (κ3) is 8.13. The van der Waals surface area contributed by atoms with Crippen molar-refractivity contribution in [1.82, 2.24) is 25.8 Å². The number of nitrogens with zero attached hydrogens (tertiary/aromatic N) is 2. The lowest BCUT2D eigenvalue weighted by Gasteiger charge is -2.39. The largest absolute Gasteiger partial charge is 0.481 e. The molecule has 3 aliphatic carbocycles. The van der Waals surface area contributed by atoms with Crippen molar-refractivity contribution in [3.8, 4) is 0 Å². The number of aliphatic carboxylic acids is 1. The highest BCUT2D eigenvalue weighted by Gasteiger charge is 2.45. The van der Waals surface area contributed by atoms with Crippen molar-refractivity contribution < 1.29 is 29.1 Å². The van der Waals surface area contributed by atoms with Gasteiger partial charge in [-0.2, -0.15) is 0 Å². The molecule has 4 aliphatic rings. The Morgan fingerprint density at radius 2 is 1.61 bits per heavy atom. The maximum absolute atomic E-state index is 13.5. The quantitative estimate of drug-likeness (QED) is 0.350. The number of amides is 5. The molecule has 0 spiro atoms. The molecule has 1 aliphatic heterocycles. The lowest BCUT2D eigenvalue weighted by Crippen LogP contribution is -2.51. The number of fused-ring (bicyclic) bond motifs is 1. The standard InChI is InChI=1S/C30H49N5O6/c1-18-6-4-5-7-24(18)33-30(41)32-21-10-8-20(9-11-21)15-26(36)31-22-12-13-25-23(16-22)29(40)35(17-27(37)34(25)3)19(2)14-28(38)39/h18-25H,4-17H2,1-3H3,(H,31,36)(H,38,39)(H2,32,33,41). The van der Waals surface area contributed by atoms with Crippen molar-refractivity contribution in [2.75, 3.05) is 13.6 Å². The minimum absolute atomic E-state index is 0.0181. The van der Waals surface area contributed by atoms with E-state index in [4.69, 9.17) is 0 Å². The normalized spacial score (nSPS) is 33.3. The summed E-state index contributed by atoms with van der Waals surface area (Å²) in [6.45, 7) is 3.75. The molecule has 0 radical (unpaired) electrons. The van der Waals surface area contributed by atoms with Gasteiger partial charge in [-0.05, 0) is 76.5 Å². The topological polar surface area (TPSA) is 148 Å². The van der Waals surface area contributed by atoms with E-state index >= 15 is 0 Å². The van der Waals surface area contributed by atoms with E-state index in [0.717, 1.165) is 38.5 Å². The number of nitrogens with one attached hydrogen (secondary N) is 3. The molecular formula is C30H49N5O6. The van der Waals surface area contributed by atoms with Crippen molar-refractivity contribution in [2.24, 2.45) is 17.8 Å². The van der Waals surface area contributed by atoms with E-state index in [-0.39, 0.29) is 66.8 Å². The van der Waals surface area contributed by atoms with Gasteiger partial charge in [-0.3, -0.25) is 19.2 Å². The molecule has 0 aromatic rings. The molecule has 41 heavy (non-hydrogen) atoms. The summed E-state index contributed by atoms with van der Waals surface area (Å²) in [5.41, 5.74) is 0. The third-order valence-electron chi connectivity index (χ3n) is 10.1. The van der Waals surface area contributed by atoms with Gasteiger partial charge in [-0.15, -0.1) is 0 Å². The van der Waals surface area contributed by atoms with Crippen LogP contribution in [0.2, 0.25) is 0 Å². The van der Waals surface area contributed by atoms with Crippen molar-refractivity contribution >= 4 is 29.7 Å². The van der Waals surface area contributed by atoms with E-state index in [9.17, 15) is 29.1 Å². The molecule has 11 nitrogen and oxygen atoms in total. The number of likely N-dealkylation sites (N-methyl/N-ethyl adjacent to an activating group) is 1. The van der Waals surface area contributed by atoms with Crippen LogP contribution in [0.4, 0.5) is 4.79 Å². The van der Waals surface area contributed by atoms with Gasteiger partial charge in [0.15, 0.2) is 0 Å². The van der Waals surface area contributed by atoms with E-state index in [0.29, 0.717) is 31.6 Å². The van der Waals surface area contributed by atoms with Crippen molar-refractivity contribution in [1.29, 1.82) is 0 Å². The molecular weight excluding hydrogens is 526 g/mol. The first kappa shape index (κ1) is 31.1. The zero-order chi connectivity index (χ0) is 29.7. The molecule has 1 saturated heterocycles. The van der Waals surface area contributed by atoms with Gasteiger partial charge in [-0.25, -0.2) is 4.79 Å². The average molecular weight is 576 g/mol. The van der Waals surface area contributed by atoms with Crippen molar-refractivity contribution in [3.63, 3.8) is 0 Å². The third-order valence-corrected chi connectivity index (χ3v) is 10.1. The average Bonchev–Trinajstić information content (AvgIpc) is 3.01. The van der Waals surface area contributed by atoms with E-state index in [1.54, 1.807) is 18.9 Å². The molecule has 230 valence electrons. The SMILES string of the molecule is CC1CCCCC1NC(=O)NC1CCC(CC(=O)NC2CCC3C(C2)C(=O)N(C(C)CC(=O)O)CC(=O)N3C)CC1. The molecule has 4 N–H and O–H groups in total. The fourth-order valence-corrected chi connectivity index (χ4v) is 7.47. The Kier molecular flexibility index (Phi) is 10.5. The molecule has 1 heterocycles. The molecule has 3 saturated carbocycles. The molecule has 4 fully saturated rings. The summed E-state index contributed by atoms with van der Waals surface area (Å²) in [6, 6.07) is -0.670. The molecule has 11 heteroatoms. The second-order valence-electron chi connectivity index (χ2n) is 13.1. The molecule has 6 atom stereocenters. The summed E-state index contributed by atoms with van der Waals surface area (Å²) >= 11 is 0. The van der Waals surface area contributed by atoms with Crippen LogP contribution >= 0.6 is 0 Å². The fraction of sp³-hybridized carbons (Fsp3) is 0.833. The van der Waals surface area contributed by atoms with Crippen LogP contribution in [0.25, 0.3) is 0 Å². The molecule has 0 aromatic heterocycles. The summed E-state index contributed by atoms with van der Waals surface area (Å²) in [4.78, 5) is 66.1. The first-order valence-corrected chi connectivity index (χ1v) is 15.7. The van der Waals surface area contributed by atoms with Crippen LogP contribution in [0.1, 0.15) is 97.3 Å². The van der Waals surface area contributed by atoms with Crippen molar-refractivity contribution in [2.45, 2.75) is 128 Å². The molecule has 5 amide bonds. The zero-order valence-corrected chi connectivity index (χ0v) is 24.9. The Hall–Kier alpha value is -2.85. The molecule has 0 bridgehead atoms. The predicted molar refractivity (Wildman–Crippen MR) is 153 cm³/mol. The van der Waals surface area contributed by atoms with Gasteiger partial charge in [-0.1, -0.05) is 19.8 Å². The summed E-state index contributed by atoms with van der Waals surface area (Å²) < 4.78 is 0. The van der Waals surface area contributed by atoms with Gasteiger partial charge in [0.2, 0.25) is 17.7 Å². The van der Waals surface area contributed by atoms with Gasteiger partial charge >= 0.3 is 12.0 Å². The Labute approximate surface area is 243 Å². The smallest absolute Gasteiger partial charge is 0.315 e. The van der Waals surface area contributed by atoms with Crippen molar-refractivity contribution in [3.05, 3.63) is 0 Å². The van der Waals surface area contributed by atoms with Crippen LogP contribution in [0.15, 0.2) is 0 Å². The Morgan fingerprint density at radius 3 is 2.29 bits per heavy atom. The van der Waals surface area contributed by atoms with Crippen LogP contribution in [0.5, 0.6) is 0 Å². The minimum Gasteiger partial charge on any atom is -0.481 e. The van der Waals surface area contributed by atoms with Gasteiger partial charge in [0.05, 0.1) is 12.3 Å². The number of rotatable bonds is 8. The second kappa shape index (κ2) is 13.9. The van der Waals surface area contributed by atoms with E-state index < -0.39 is 17.9 Å². The maximum Gasteiger partial charge on any atom is 0.315 e. The number of carboxylic acid groups (broad SMARTS) is 1. The second-order valence-corrected chi connectivity index (χ2v) is 13.1. The van der Waals surface area contributed by atoms with E-state index in [1.807, 2.05) is 0 Å². The Balaban J connectivity index is 1.23.